The Bertz CT molecular complexity index is 854. The first-order valence-electron chi connectivity index (χ1n) is 15.0. The molecule has 10 atom stereocenters. The van der Waals surface area contributed by atoms with Crippen LogP contribution in [0.25, 0.3) is 0 Å². The second kappa shape index (κ2) is 9.58. The third-order valence-corrected chi connectivity index (χ3v) is 11.8. The van der Waals surface area contributed by atoms with E-state index in [0.717, 1.165) is 49.4 Å². The van der Waals surface area contributed by atoms with Crippen LogP contribution in [-0.2, 0) is 23.8 Å². The quantitative estimate of drug-likeness (QED) is 0.272. The molecule has 36 heavy (non-hydrogen) atoms. The summed E-state index contributed by atoms with van der Waals surface area (Å²) >= 11 is 0. The molecule has 1 aliphatic heterocycles. The number of epoxide rings is 1. The van der Waals surface area contributed by atoms with Crippen molar-refractivity contribution in [3.8, 4) is 0 Å². The van der Waals surface area contributed by atoms with E-state index in [0.29, 0.717) is 23.9 Å². The lowest BCUT2D eigenvalue weighted by Gasteiger charge is -2.60. The Labute approximate surface area is 218 Å². The second-order valence-corrected chi connectivity index (χ2v) is 14.0. The van der Waals surface area contributed by atoms with Gasteiger partial charge in [0.05, 0.1) is 6.10 Å². The smallest absolute Gasteiger partial charge is 0.302 e. The standard InChI is InChI=1S/C31H50O5/c1-19(2)8-7-9-20(3)25-10-11-26-24-16-28-31(36-28)17-23(35-22(5)33)12-15-30(31,18-34-21(4)32)27(24)13-14-29(25,26)6/h19-20,23-28H,7-18H2,1-6H3/t20-,23+,24+,25-,26+,27+,28-,29-,30+,31-/m1/s1. The molecular weight excluding hydrogens is 452 g/mol. The topological polar surface area (TPSA) is 65.1 Å². The average Bonchev–Trinajstić information content (AvgIpc) is 3.36. The van der Waals surface area contributed by atoms with Crippen LogP contribution in [-0.4, -0.2) is 36.4 Å². The Kier molecular flexibility index (Phi) is 7.05. The van der Waals surface area contributed by atoms with Crippen LogP contribution in [0.2, 0.25) is 0 Å². The normalized spacial score (nSPS) is 45.6. The van der Waals surface area contributed by atoms with E-state index in [1.165, 1.54) is 58.8 Å². The third kappa shape index (κ3) is 4.24. The van der Waals surface area contributed by atoms with E-state index < -0.39 is 0 Å². The number of esters is 2. The van der Waals surface area contributed by atoms with E-state index in [-0.39, 0.29) is 35.2 Å². The highest BCUT2D eigenvalue weighted by Crippen LogP contribution is 2.74. The molecule has 5 heteroatoms. The molecule has 5 nitrogen and oxygen atoms in total. The molecule has 0 aromatic rings. The predicted molar refractivity (Wildman–Crippen MR) is 139 cm³/mol. The highest BCUT2D eigenvalue weighted by atomic mass is 16.6. The monoisotopic (exact) mass is 502 g/mol. The van der Waals surface area contributed by atoms with Gasteiger partial charge in [0.25, 0.3) is 0 Å². The molecule has 1 heterocycles. The van der Waals surface area contributed by atoms with Gasteiger partial charge in [0.1, 0.15) is 18.3 Å². The molecule has 0 N–H and O–H groups in total. The van der Waals surface area contributed by atoms with Crippen molar-refractivity contribution in [2.45, 2.75) is 130 Å². The molecule has 1 spiro atoms. The number of rotatable bonds is 8. The molecule has 204 valence electrons. The van der Waals surface area contributed by atoms with Crippen LogP contribution in [0.4, 0.5) is 0 Å². The summed E-state index contributed by atoms with van der Waals surface area (Å²) in [5.74, 6) is 3.94. The highest BCUT2D eigenvalue weighted by molar-refractivity contribution is 5.66. The molecule has 0 radical (unpaired) electrons. The molecule has 5 rings (SSSR count). The maximum Gasteiger partial charge on any atom is 0.302 e. The molecule has 4 saturated carbocycles. The van der Waals surface area contributed by atoms with Crippen LogP contribution >= 0.6 is 0 Å². The van der Waals surface area contributed by atoms with E-state index >= 15 is 0 Å². The van der Waals surface area contributed by atoms with Gasteiger partial charge in [-0.2, -0.15) is 0 Å². The largest absolute Gasteiger partial charge is 0.465 e. The summed E-state index contributed by atoms with van der Waals surface area (Å²) in [6.07, 6.45) is 13.1. The van der Waals surface area contributed by atoms with Crippen molar-refractivity contribution in [3.63, 3.8) is 0 Å². The van der Waals surface area contributed by atoms with Crippen molar-refractivity contribution in [2.75, 3.05) is 6.61 Å². The lowest BCUT2D eigenvalue weighted by atomic mass is 9.44. The minimum atomic E-state index is -0.280. The summed E-state index contributed by atoms with van der Waals surface area (Å²) in [5, 5.41) is 0. The first kappa shape index (κ1) is 26.5. The third-order valence-electron chi connectivity index (χ3n) is 11.8. The molecular formula is C31H50O5. The van der Waals surface area contributed by atoms with Gasteiger partial charge in [-0.05, 0) is 85.9 Å². The number of carbonyl (C=O) groups is 2. The summed E-state index contributed by atoms with van der Waals surface area (Å²) in [4.78, 5) is 23.7. The van der Waals surface area contributed by atoms with Crippen LogP contribution in [0.3, 0.4) is 0 Å². The number of hydrogen-bond donors (Lipinski definition) is 0. The second-order valence-electron chi connectivity index (χ2n) is 14.0. The fraction of sp³-hybridized carbons (Fsp3) is 0.935. The molecule has 5 fully saturated rings. The van der Waals surface area contributed by atoms with Crippen LogP contribution in [0.1, 0.15) is 112 Å². The van der Waals surface area contributed by atoms with Gasteiger partial charge in [0.15, 0.2) is 0 Å². The predicted octanol–water partition coefficient (Wildman–Crippen LogP) is 6.71. The Hall–Kier alpha value is -1.10. The fourth-order valence-corrected chi connectivity index (χ4v) is 10.3. The minimum Gasteiger partial charge on any atom is -0.465 e. The number of ether oxygens (including phenoxy) is 3. The Morgan fingerprint density at radius 3 is 2.44 bits per heavy atom. The van der Waals surface area contributed by atoms with Gasteiger partial charge in [-0.1, -0.05) is 47.0 Å². The van der Waals surface area contributed by atoms with Crippen LogP contribution in [0.15, 0.2) is 0 Å². The maximum atomic E-state index is 12.0. The Morgan fingerprint density at radius 1 is 0.972 bits per heavy atom. The zero-order chi connectivity index (χ0) is 25.9. The maximum absolute atomic E-state index is 12.0. The molecule has 4 aliphatic carbocycles. The zero-order valence-electron chi connectivity index (χ0n) is 23.6. The van der Waals surface area contributed by atoms with Crippen molar-refractivity contribution >= 4 is 11.9 Å². The van der Waals surface area contributed by atoms with E-state index in [1.54, 1.807) is 0 Å². The molecule has 0 bridgehead atoms. The van der Waals surface area contributed by atoms with Gasteiger partial charge in [-0.25, -0.2) is 0 Å². The van der Waals surface area contributed by atoms with Crippen molar-refractivity contribution in [1.29, 1.82) is 0 Å². The highest BCUT2D eigenvalue weighted by Gasteiger charge is 2.78. The minimum absolute atomic E-state index is 0.0779. The van der Waals surface area contributed by atoms with Crippen molar-refractivity contribution in [2.24, 2.45) is 46.3 Å². The van der Waals surface area contributed by atoms with Gasteiger partial charge in [0.2, 0.25) is 0 Å². The summed E-state index contributed by atoms with van der Waals surface area (Å²) in [7, 11) is 0. The first-order valence-corrected chi connectivity index (χ1v) is 15.0. The van der Waals surface area contributed by atoms with E-state index in [4.69, 9.17) is 14.2 Å². The Balaban J connectivity index is 1.37. The lowest BCUT2D eigenvalue weighted by molar-refractivity contribution is -0.176. The number of fused-ring (bicyclic) bond motifs is 4. The van der Waals surface area contributed by atoms with E-state index in [2.05, 4.69) is 27.7 Å². The summed E-state index contributed by atoms with van der Waals surface area (Å²) < 4.78 is 18.2. The van der Waals surface area contributed by atoms with Crippen molar-refractivity contribution < 1.29 is 23.8 Å². The molecule has 0 unspecified atom stereocenters. The van der Waals surface area contributed by atoms with Gasteiger partial charge >= 0.3 is 11.9 Å². The van der Waals surface area contributed by atoms with Crippen molar-refractivity contribution in [3.05, 3.63) is 0 Å². The van der Waals surface area contributed by atoms with Crippen LogP contribution < -0.4 is 0 Å². The van der Waals surface area contributed by atoms with Gasteiger partial charge in [0, 0.05) is 25.7 Å². The van der Waals surface area contributed by atoms with E-state index in [1.807, 2.05) is 0 Å². The van der Waals surface area contributed by atoms with Crippen molar-refractivity contribution in [1.82, 2.24) is 0 Å². The zero-order valence-corrected chi connectivity index (χ0v) is 23.6. The SMILES string of the molecule is CC(=O)OC[C@]12CC[C@H](OC(C)=O)C[C@]13O[C@@H]3C[C@H]1[C@@H]3CC[C@H]([C@H](C)CCCC(C)C)[C@@]3(C)CC[C@@H]12. The molecule has 1 saturated heterocycles. The molecule has 5 aliphatic rings. The average molecular weight is 503 g/mol. The summed E-state index contributed by atoms with van der Waals surface area (Å²) in [5.41, 5.74) is 0.00787. The van der Waals surface area contributed by atoms with Gasteiger partial charge in [-0.3, -0.25) is 9.59 Å². The number of hydrogen-bond acceptors (Lipinski definition) is 5. The Morgan fingerprint density at radius 2 is 1.75 bits per heavy atom. The van der Waals surface area contributed by atoms with Crippen LogP contribution in [0, 0.1) is 46.3 Å². The molecule has 0 amide bonds. The summed E-state index contributed by atoms with van der Waals surface area (Å²) in [6.45, 7) is 13.3. The summed E-state index contributed by atoms with van der Waals surface area (Å²) in [6, 6.07) is 0. The molecule has 0 aromatic carbocycles. The lowest BCUT2D eigenvalue weighted by Crippen LogP contribution is -2.62. The fourth-order valence-electron chi connectivity index (χ4n) is 10.3. The molecule has 0 aromatic heterocycles. The number of carbonyl (C=O) groups excluding carboxylic acids is 2. The van der Waals surface area contributed by atoms with E-state index in [9.17, 15) is 9.59 Å². The van der Waals surface area contributed by atoms with Gasteiger partial charge < -0.3 is 14.2 Å². The van der Waals surface area contributed by atoms with Crippen LogP contribution in [0.5, 0.6) is 0 Å². The van der Waals surface area contributed by atoms with Gasteiger partial charge in [-0.15, -0.1) is 0 Å². The first-order chi connectivity index (χ1) is 17.0.